The minimum atomic E-state index is -4.44. The number of nitrogens with one attached hydrogen (secondary N) is 1. The van der Waals surface area contributed by atoms with Gasteiger partial charge in [-0.1, -0.05) is 18.2 Å². The highest BCUT2D eigenvalue weighted by Crippen LogP contribution is 2.53. The molecule has 2 aliphatic carbocycles. The number of halogens is 3. The predicted octanol–water partition coefficient (Wildman–Crippen LogP) is 3.63. The van der Waals surface area contributed by atoms with Gasteiger partial charge in [-0.3, -0.25) is 14.5 Å². The second-order valence-corrected chi connectivity index (χ2v) is 10.1. The lowest BCUT2D eigenvalue weighted by Gasteiger charge is -2.35. The van der Waals surface area contributed by atoms with Gasteiger partial charge >= 0.3 is 6.18 Å². The van der Waals surface area contributed by atoms with Crippen LogP contribution >= 0.6 is 0 Å². The Morgan fingerprint density at radius 1 is 1.00 bits per heavy atom. The number of hydrogen-bond acceptors (Lipinski definition) is 5. The molecule has 9 heteroatoms. The molecule has 35 heavy (non-hydrogen) atoms. The number of alkyl halides is 3. The van der Waals surface area contributed by atoms with Crippen molar-refractivity contribution in [1.29, 1.82) is 0 Å². The molecule has 2 aromatic rings. The van der Waals surface area contributed by atoms with E-state index < -0.39 is 11.7 Å². The molecule has 0 bridgehead atoms. The largest absolute Gasteiger partial charge is 0.416 e. The molecule has 186 valence electrons. The minimum absolute atomic E-state index is 0.0540. The van der Waals surface area contributed by atoms with Crippen LogP contribution < -0.4 is 5.32 Å². The summed E-state index contributed by atoms with van der Waals surface area (Å²) in [5.41, 5.74) is -0.476. The van der Waals surface area contributed by atoms with Crippen molar-refractivity contribution in [3.8, 4) is 0 Å². The molecule has 0 radical (unpaired) electrons. The van der Waals surface area contributed by atoms with Crippen molar-refractivity contribution in [1.82, 2.24) is 20.2 Å². The zero-order valence-electron chi connectivity index (χ0n) is 19.4. The second kappa shape index (κ2) is 9.68. The molecule has 3 aliphatic rings. The van der Waals surface area contributed by atoms with E-state index in [2.05, 4.69) is 20.2 Å². The number of Topliss-reactive ketones (excluding diaryl/α,β-unsaturated/α-hetero) is 1. The average Bonchev–Trinajstić information content (AvgIpc) is 3.36. The van der Waals surface area contributed by atoms with E-state index in [9.17, 15) is 22.8 Å². The number of rotatable bonds is 7. The number of aromatic nitrogens is 2. The lowest BCUT2D eigenvalue weighted by Crippen LogP contribution is -2.40. The van der Waals surface area contributed by atoms with Crippen LogP contribution in [0.5, 0.6) is 0 Å². The van der Waals surface area contributed by atoms with Gasteiger partial charge in [-0.2, -0.15) is 13.2 Å². The summed E-state index contributed by atoms with van der Waals surface area (Å²) in [4.78, 5) is 36.2. The van der Waals surface area contributed by atoms with E-state index >= 15 is 0 Å². The molecule has 2 saturated carbocycles. The molecule has 0 spiro atoms. The molecule has 6 nitrogen and oxygen atoms in total. The van der Waals surface area contributed by atoms with Crippen LogP contribution in [0.3, 0.4) is 0 Å². The number of nitrogens with zero attached hydrogens (tertiary/aromatic N) is 3. The van der Waals surface area contributed by atoms with E-state index in [4.69, 9.17) is 0 Å². The number of amides is 1. The van der Waals surface area contributed by atoms with Crippen LogP contribution in [0.25, 0.3) is 0 Å². The molecule has 1 aromatic heterocycles. The number of carbonyl (C=O) groups excluding carboxylic acids is 2. The first-order valence-corrected chi connectivity index (χ1v) is 12.3. The first kappa shape index (κ1) is 23.9. The summed E-state index contributed by atoms with van der Waals surface area (Å²) in [6.45, 7) is 1.68. The Bertz CT molecular complexity index is 1060. The third kappa shape index (κ3) is 5.39. The maximum atomic E-state index is 12.9. The summed E-state index contributed by atoms with van der Waals surface area (Å²) in [6.07, 6.45) is 3.41. The Kier molecular flexibility index (Phi) is 6.61. The topological polar surface area (TPSA) is 75.2 Å². The summed E-state index contributed by atoms with van der Waals surface area (Å²) < 4.78 is 38.6. The van der Waals surface area contributed by atoms with Crippen LogP contribution in [0.4, 0.5) is 13.2 Å². The van der Waals surface area contributed by atoms with Crippen molar-refractivity contribution in [2.75, 3.05) is 19.6 Å². The van der Waals surface area contributed by atoms with E-state index in [0.29, 0.717) is 29.4 Å². The molecular weight excluding hydrogens is 457 g/mol. The molecular formula is C26H29F3N4O2. The molecule has 1 unspecified atom stereocenters. The summed E-state index contributed by atoms with van der Waals surface area (Å²) >= 11 is 0. The maximum absolute atomic E-state index is 12.9. The SMILES string of the molecule is O=C(CNC(=O)C1[C@H]2CN(C3CCC(c4ncccn4)CC3)C[C@@H]12)Cc1cccc(C(F)(F)F)c1. The van der Waals surface area contributed by atoms with Gasteiger partial charge in [0.25, 0.3) is 0 Å². The van der Waals surface area contributed by atoms with Gasteiger partial charge in [-0.25, -0.2) is 9.97 Å². The second-order valence-electron chi connectivity index (χ2n) is 10.1. The predicted molar refractivity (Wildman–Crippen MR) is 122 cm³/mol. The molecule has 3 atom stereocenters. The summed E-state index contributed by atoms with van der Waals surface area (Å²) in [7, 11) is 0. The summed E-state index contributed by atoms with van der Waals surface area (Å²) in [5, 5.41) is 2.71. The number of piperidine rings is 1. The van der Waals surface area contributed by atoms with E-state index in [1.165, 1.54) is 12.1 Å². The van der Waals surface area contributed by atoms with Crippen LogP contribution in [-0.2, 0) is 22.2 Å². The van der Waals surface area contributed by atoms with Crippen LogP contribution in [-0.4, -0.2) is 52.2 Å². The van der Waals surface area contributed by atoms with E-state index in [0.717, 1.165) is 56.7 Å². The zero-order valence-corrected chi connectivity index (χ0v) is 19.4. The Morgan fingerprint density at radius 2 is 1.69 bits per heavy atom. The van der Waals surface area contributed by atoms with Gasteiger partial charge in [0, 0.05) is 49.8 Å². The lowest BCUT2D eigenvalue weighted by molar-refractivity contribution is -0.137. The molecule has 3 fully saturated rings. The van der Waals surface area contributed by atoms with Gasteiger partial charge in [-0.15, -0.1) is 0 Å². The van der Waals surface area contributed by atoms with Gasteiger partial charge in [0.15, 0.2) is 5.78 Å². The van der Waals surface area contributed by atoms with Gasteiger partial charge in [0.1, 0.15) is 5.82 Å². The Hall–Kier alpha value is -2.81. The van der Waals surface area contributed by atoms with Gasteiger partial charge in [0.05, 0.1) is 12.1 Å². The van der Waals surface area contributed by atoms with Crippen molar-refractivity contribution in [3.05, 3.63) is 59.7 Å². The molecule has 2 heterocycles. The molecule has 1 N–H and O–H groups in total. The number of likely N-dealkylation sites (tertiary alicyclic amines) is 1. The number of benzene rings is 1. The van der Waals surface area contributed by atoms with Crippen LogP contribution in [0, 0.1) is 17.8 Å². The first-order valence-electron chi connectivity index (χ1n) is 12.3. The quantitative estimate of drug-likeness (QED) is 0.647. The lowest BCUT2D eigenvalue weighted by atomic mass is 9.84. The van der Waals surface area contributed by atoms with E-state index in [1.54, 1.807) is 12.4 Å². The highest BCUT2D eigenvalue weighted by atomic mass is 19.4. The average molecular weight is 487 g/mol. The highest BCUT2D eigenvalue weighted by molar-refractivity contribution is 5.89. The van der Waals surface area contributed by atoms with E-state index in [-0.39, 0.29) is 30.6 Å². The number of fused-ring (bicyclic) bond motifs is 1. The van der Waals surface area contributed by atoms with Gasteiger partial charge in [-0.05, 0) is 55.2 Å². The van der Waals surface area contributed by atoms with Crippen molar-refractivity contribution in [3.63, 3.8) is 0 Å². The normalized spacial score (nSPS) is 28.4. The van der Waals surface area contributed by atoms with Crippen molar-refractivity contribution in [2.24, 2.45) is 17.8 Å². The Balaban J connectivity index is 1.03. The standard InChI is InChI=1S/C26H29F3N4O2/c27-26(28,29)18-4-1-3-16(11-18)12-20(34)13-32-25(35)23-21-14-33(15-22(21)23)19-7-5-17(6-8-19)24-30-9-2-10-31-24/h1-4,9-11,17,19,21-23H,5-8,12-15H2,(H,32,35)/t17?,19?,21-,22+,23?. The Labute approximate surface area is 202 Å². The van der Waals surface area contributed by atoms with Crippen molar-refractivity contribution in [2.45, 2.75) is 50.2 Å². The third-order valence-electron chi connectivity index (χ3n) is 7.80. The molecule has 1 aromatic carbocycles. The maximum Gasteiger partial charge on any atom is 0.416 e. The summed E-state index contributed by atoms with van der Waals surface area (Å²) in [5.74, 6) is 1.58. The van der Waals surface area contributed by atoms with Crippen LogP contribution in [0.15, 0.2) is 42.7 Å². The molecule has 1 aliphatic heterocycles. The number of hydrogen-bond donors (Lipinski definition) is 1. The highest BCUT2D eigenvalue weighted by Gasteiger charge is 2.60. The fourth-order valence-electron chi connectivity index (χ4n) is 5.92. The number of ketones is 1. The minimum Gasteiger partial charge on any atom is -0.349 e. The first-order chi connectivity index (χ1) is 16.8. The smallest absolute Gasteiger partial charge is 0.349 e. The number of carbonyl (C=O) groups is 2. The third-order valence-corrected chi connectivity index (χ3v) is 7.80. The van der Waals surface area contributed by atoms with Crippen molar-refractivity contribution < 1.29 is 22.8 Å². The van der Waals surface area contributed by atoms with Crippen LogP contribution in [0.1, 0.15) is 48.6 Å². The molecule has 5 rings (SSSR count). The van der Waals surface area contributed by atoms with Gasteiger partial charge < -0.3 is 5.32 Å². The van der Waals surface area contributed by atoms with Crippen molar-refractivity contribution >= 4 is 11.7 Å². The molecule has 1 amide bonds. The fourth-order valence-corrected chi connectivity index (χ4v) is 5.92. The summed E-state index contributed by atoms with van der Waals surface area (Å²) in [6, 6.07) is 7.14. The monoisotopic (exact) mass is 486 g/mol. The fraction of sp³-hybridized carbons (Fsp3) is 0.538. The Morgan fingerprint density at radius 3 is 2.34 bits per heavy atom. The van der Waals surface area contributed by atoms with Gasteiger partial charge in [0.2, 0.25) is 5.91 Å². The molecule has 1 saturated heterocycles. The van der Waals surface area contributed by atoms with Crippen LogP contribution in [0.2, 0.25) is 0 Å². The van der Waals surface area contributed by atoms with E-state index in [1.807, 2.05) is 6.07 Å². The zero-order chi connectivity index (χ0) is 24.6.